The SMILES string of the molecule is C=CCCCCCCCCC(CCC)CCCC. The van der Waals surface area contributed by atoms with Gasteiger partial charge in [-0.05, 0) is 18.8 Å². The molecule has 0 aromatic carbocycles. The lowest BCUT2D eigenvalue weighted by Crippen LogP contribution is -2.00. The Morgan fingerprint density at radius 3 is 1.94 bits per heavy atom. The fraction of sp³-hybridized carbons (Fsp3) is 0.889. The Hall–Kier alpha value is -0.260. The van der Waals surface area contributed by atoms with E-state index < -0.39 is 0 Å². The predicted octanol–water partition coefficient (Wildman–Crippen LogP) is 6.90. The van der Waals surface area contributed by atoms with Crippen LogP contribution >= 0.6 is 0 Å². The Balaban J connectivity index is 3.33. The van der Waals surface area contributed by atoms with E-state index in [9.17, 15) is 0 Å². The van der Waals surface area contributed by atoms with E-state index in [2.05, 4.69) is 20.4 Å². The molecule has 0 aliphatic carbocycles. The maximum atomic E-state index is 3.77. The largest absolute Gasteiger partial charge is 0.103 e. The van der Waals surface area contributed by atoms with Gasteiger partial charge in [-0.1, -0.05) is 90.6 Å². The molecular formula is C18H36. The highest BCUT2D eigenvalue weighted by Crippen LogP contribution is 2.22. The molecule has 0 fully saturated rings. The van der Waals surface area contributed by atoms with E-state index in [1.54, 1.807) is 0 Å². The second kappa shape index (κ2) is 14.8. The van der Waals surface area contributed by atoms with Crippen LogP contribution in [0.15, 0.2) is 12.7 Å². The molecule has 0 heteroatoms. The zero-order valence-corrected chi connectivity index (χ0v) is 13.1. The third kappa shape index (κ3) is 12.2. The summed E-state index contributed by atoms with van der Waals surface area (Å²) >= 11 is 0. The highest BCUT2D eigenvalue weighted by Gasteiger charge is 2.06. The molecule has 0 nitrogen and oxygen atoms in total. The van der Waals surface area contributed by atoms with E-state index in [1.165, 1.54) is 83.5 Å². The molecule has 1 atom stereocenters. The van der Waals surface area contributed by atoms with Gasteiger partial charge in [-0.25, -0.2) is 0 Å². The maximum absolute atomic E-state index is 3.77. The summed E-state index contributed by atoms with van der Waals surface area (Å²) in [5.74, 6) is 1.02. The van der Waals surface area contributed by atoms with E-state index in [-0.39, 0.29) is 0 Å². The van der Waals surface area contributed by atoms with Gasteiger partial charge in [0.15, 0.2) is 0 Å². The van der Waals surface area contributed by atoms with Crippen LogP contribution in [0.5, 0.6) is 0 Å². The molecule has 0 saturated carbocycles. The number of unbranched alkanes of at least 4 members (excludes halogenated alkanes) is 7. The van der Waals surface area contributed by atoms with Crippen molar-refractivity contribution in [3.05, 3.63) is 12.7 Å². The van der Waals surface area contributed by atoms with Crippen molar-refractivity contribution in [3.8, 4) is 0 Å². The van der Waals surface area contributed by atoms with Gasteiger partial charge in [0.25, 0.3) is 0 Å². The molecule has 0 N–H and O–H groups in total. The van der Waals surface area contributed by atoms with Gasteiger partial charge in [0, 0.05) is 0 Å². The van der Waals surface area contributed by atoms with E-state index in [0.29, 0.717) is 0 Å². The monoisotopic (exact) mass is 252 g/mol. The summed E-state index contributed by atoms with van der Waals surface area (Å²) in [4.78, 5) is 0. The first-order valence-corrected chi connectivity index (χ1v) is 8.46. The lowest BCUT2D eigenvalue weighted by molar-refractivity contribution is 0.383. The van der Waals surface area contributed by atoms with Crippen molar-refractivity contribution in [2.75, 3.05) is 0 Å². The molecule has 0 radical (unpaired) electrons. The fourth-order valence-electron chi connectivity index (χ4n) is 2.76. The quantitative estimate of drug-likeness (QED) is 0.233. The zero-order chi connectivity index (χ0) is 13.5. The Bertz CT molecular complexity index is 159. The van der Waals surface area contributed by atoms with Crippen LogP contribution in [0, 0.1) is 5.92 Å². The van der Waals surface area contributed by atoms with Gasteiger partial charge in [-0.2, -0.15) is 0 Å². The van der Waals surface area contributed by atoms with Crippen LogP contribution in [0.4, 0.5) is 0 Å². The van der Waals surface area contributed by atoms with Gasteiger partial charge < -0.3 is 0 Å². The lowest BCUT2D eigenvalue weighted by atomic mass is 9.91. The van der Waals surface area contributed by atoms with Crippen LogP contribution in [0.2, 0.25) is 0 Å². The van der Waals surface area contributed by atoms with Crippen LogP contribution in [0.1, 0.15) is 97.3 Å². The third-order valence-corrected chi connectivity index (χ3v) is 3.93. The van der Waals surface area contributed by atoms with Crippen molar-refractivity contribution in [1.82, 2.24) is 0 Å². The number of allylic oxidation sites excluding steroid dienone is 1. The maximum Gasteiger partial charge on any atom is -0.0353 e. The minimum Gasteiger partial charge on any atom is -0.103 e. The smallest absolute Gasteiger partial charge is 0.0353 e. The summed E-state index contributed by atoms with van der Waals surface area (Å²) in [5.41, 5.74) is 0. The topological polar surface area (TPSA) is 0 Å². The molecule has 0 heterocycles. The molecule has 108 valence electrons. The Labute approximate surface area is 116 Å². The normalized spacial score (nSPS) is 12.6. The Morgan fingerprint density at radius 2 is 1.33 bits per heavy atom. The summed E-state index contributed by atoms with van der Waals surface area (Å²) < 4.78 is 0. The van der Waals surface area contributed by atoms with Gasteiger partial charge in [0.05, 0.1) is 0 Å². The summed E-state index contributed by atoms with van der Waals surface area (Å²) in [5, 5.41) is 0. The summed E-state index contributed by atoms with van der Waals surface area (Å²) in [6, 6.07) is 0. The Kier molecular flexibility index (Phi) is 14.6. The second-order valence-corrected chi connectivity index (χ2v) is 5.78. The minimum absolute atomic E-state index is 1.02. The van der Waals surface area contributed by atoms with Crippen molar-refractivity contribution in [1.29, 1.82) is 0 Å². The summed E-state index contributed by atoms with van der Waals surface area (Å²) in [7, 11) is 0. The van der Waals surface area contributed by atoms with Crippen molar-refractivity contribution >= 4 is 0 Å². The van der Waals surface area contributed by atoms with E-state index in [1.807, 2.05) is 6.08 Å². The van der Waals surface area contributed by atoms with Gasteiger partial charge in [0.2, 0.25) is 0 Å². The summed E-state index contributed by atoms with van der Waals surface area (Å²) in [6.07, 6.45) is 20.4. The van der Waals surface area contributed by atoms with E-state index in [0.717, 1.165) is 5.92 Å². The molecule has 0 aliphatic rings. The number of rotatable bonds is 14. The van der Waals surface area contributed by atoms with Crippen molar-refractivity contribution in [3.63, 3.8) is 0 Å². The molecule has 0 amide bonds. The second-order valence-electron chi connectivity index (χ2n) is 5.78. The standard InChI is InChI=1S/C18H36/c1-4-7-9-10-11-12-13-14-17-18(15-6-3)16-8-5-2/h4,18H,1,5-17H2,2-3H3. The molecule has 18 heavy (non-hydrogen) atoms. The highest BCUT2D eigenvalue weighted by atomic mass is 14.1. The van der Waals surface area contributed by atoms with Crippen LogP contribution in [-0.4, -0.2) is 0 Å². The average Bonchev–Trinajstić information content (AvgIpc) is 2.39. The highest BCUT2D eigenvalue weighted by molar-refractivity contribution is 4.65. The molecule has 0 aromatic rings. The van der Waals surface area contributed by atoms with Crippen molar-refractivity contribution in [2.24, 2.45) is 5.92 Å². The zero-order valence-electron chi connectivity index (χ0n) is 13.1. The van der Waals surface area contributed by atoms with Crippen LogP contribution in [-0.2, 0) is 0 Å². The van der Waals surface area contributed by atoms with Crippen molar-refractivity contribution in [2.45, 2.75) is 97.3 Å². The first-order chi connectivity index (χ1) is 8.85. The third-order valence-electron chi connectivity index (χ3n) is 3.93. The number of hydrogen-bond donors (Lipinski definition) is 0. The van der Waals surface area contributed by atoms with Crippen LogP contribution in [0.25, 0.3) is 0 Å². The molecule has 1 unspecified atom stereocenters. The average molecular weight is 252 g/mol. The first-order valence-electron chi connectivity index (χ1n) is 8.46. The minimum atomic E-state index is 1.02. The number of hydrogen-bond acceptors (Lipinski definition) is 0. The van der Waals surface area contributed by atoms with Gasteiger partial charge >= 0.3 is 0 Å². The van der Waals surface area contributed by atoms with Crippen LogP contribution in [0.3, 0.4) is 0 Å². The van der Waals surface area contributed by atoms with E-state index in [4.69, 9.17) is 0 Å². The first kappa shape index (κ1) is 17.7. The fourth-order valence-corrected chi connectivity index (χ4v) is 2.76. The molecule has 0 bridgehead atoms. The molecular weight excluding hydrogens is 216 g/mol. The van der Waals surface area contributed by atoms with Gasteiger partial charge in [-0.3, -0.25) is 0 Å². The Morgan fingerprint density at radius 1 is 0.722 bits per heavy atom. The van der Waals surface area contributed by atoms with Gasteiger partial charge in [-0.15, -0.1) is 6.58 Å². The predicted molar refractivity (Wildman–Crippen MR) is 85.1 cm³/mol. The van der Waals surface area contributed by atoms with Crippen molar-refractivity contribution < 1.29 is 0 Å². The molecule has 0 aliphatic heterocycles. The summed E-state index contributed by atoms with van der Waals surface area (Å²) in [6.45, 7) is 8.41. The lowest BCUT2D eigenvalue weighted by Gasteiger charge is -2.15. The molecule has 0 aromatic heterocycles. The molecule has 0 saturated heterocycles. The van der Waals surface area contributed by atoms with E-state index >= 15 is 0 Å². The molecule has 0 spiro atoms. The molecule has 0 rings (SSSR count). The van der Waals surface area contributed by atoms with Gasteiger partial charge in [0.1, 0.15) is 0 Å². The van der Waals surface area contributed by atoms with Crippen LogP contribution < -0.4 is 0 Å².